The Labute approximate surface area is 140 Å². The number of amides is 1. The molecule has 8 nitrogen and oxygen atoms in total. The Balaban J connectivity index is 2.08. The van der Waals surface area contributed by atoms with Crippen LogP contribution < -0.4 is 5.32 Å². The number of ketones is 1. The van der Waals surface area contributed by atoms with Crippen LogP contribution in [0.1, 0.15) is 26.2 Å². The van der Waals surface area contributed by atoms with Crippen LogP contribution in [0.5, 0.6) is 0 Å². The van der Waals surface area contributed by atoms with Gasteiger partial charge in [-0.15, -0.1) is 0 Å². The van der Waals surface area contributed by atoms with Gasteiger partial charge in [-0.3, -0.25) is 9.59 Å². The van der Waals surface area contributed by atoms with Gasteiger partial charge in [0.2, 0.25) is 5.91 Å². The minimum absolute atomic E-state index is 0.0975. The molecule has 0 aromatic carbocycles. The molecule has 1 aromatic rings. The first-order valence-corrected chi connectivity index (χ1v) is 9.16. The minimum atomic E-state index is -3.84. The van der Waals surface area contributed by atoms with E-state index >= 15 is 0 Å². The first-order valence-electron chi connectivity index (χ1n) is 7.72. The monoisotopic (exact) mass is 355 g/mol. The highest BCUT2D eigenvalue weighted by Crippen LogP contribution is 2.17. The predicted molar refractivity (Wildman–Crippen MR) is 85.5 cm³/mol. The molecule has 1 fully saturated rings. The van der Waals surface area contributed by atoms with Crippen molar-refractivity contribution in [3.8, 4) is 0 Å². The van der Waals surface area contributed by atoms with Gasteiger partial charge in [0.15, 0.2) is 10.8 Å². The van der Waals surface area contributed by atoms with Crippen LogP contribution in [0.3, 0.4) is 0 Å². The smallest absolute Gasteiger partial charge is 0.260 e. The number of sulfonamides is 1. The standard InChI is InChI=1S/C15H21N3O5S/c1-11(19)9-14(21)17-12-5-4-8-18(10-13(12)20)24(22,23)15-6-2-3-7-16-15/h2-3,6-7,11-12,19H,4-5,8-10H2,1H3,(H,17,21). The number of Topliss-reactive ketones (excluding diaryl/α,β-unsaturated/α-hetero) is 1. The molecule has 9 heteroatoms. The van der Waals surface area contributed by atoms with Gasteiger partial charge in [-0.05, 0) is 31.9 Å². The molecule has 2 rings (SSSR count). The van der Waals surface area contributed by atoms with Crippen molar-refractivity contribution in [1.82, 2.24) is 14.6 Å². The third-order valence-corrected chi connectivity index (χ3v) is 5.44. The van der Waals surface area contributed by atoms with E-state index in [9.17, 15) is 23.1 Å². The number of carbonyl (C=O) groups excluding carboxylic acids is 2. The van der Waals surface area contributed by atoms with Gasteiger partial charge >= 0.3 is 0 Å². The molecule has 0 spiro atoms. The molecular weight excluding hydrogens is 334 g/mol. The fourth-order valence-electron chi connectivity index (χ4n) is 2.51. The summed E-state index contributed by atoms with van der Waals surface area (Å²) in [6, 6.07) is 3.83. The van der Waals surface area contributed by atoms with Gasteiger partial charge in [0.25, 0.3) is 10.0 Å². The molecule has 0 aliphatic carbocycles. The highest BCUT2D eigenvalue weighted by atomic mass is 32.2. The quantitative estimate of drug-likeness (QED) is 0.748. The number of aliphatic hydroxyl groups is 1. The number of aromatic nitrogens is 1. The normalized spacial score (nSPS) is 21.1. The highest BCUT2D eigenvalue weighted by Gasteiger charge is 2.33. The average molecular weight is 355 g/mol. The predicted octanol–water partition coefficient (Wildman–Crippen LogP) is -0.309. The summed E-state index contributed by atoms with van der Waals surface area (Å²) in [7, 11) is -3.84. The van der Waals surface area contributed by atoms with Gasteiger partial charge < -0.3 is 10.4 Å². The van der Waals surface area contributed by atoms with Crippen molar-refractivity contribution in [3.63, 3.8) is 0 Å². The van der Waals surface area contributed by atoms with E-state index < -0.39 is 28.1 Å². The zero-order valence-corrected chi connectivity index (χ0v) is 14.2. The van der Waals surface area contributed by atoms with Crippen molar-refractivity contribution in [1.29, 1.82) is 0 Å². The fraction of sp³-hybridized carbons (Fsp3) is 0.533. The first kappa shape index (κ1) is 18.5. The summed E-state index contributed by atoms with van der Waals surface area (Å²) in [5.41, 5.74) is 0. The van der Waals surface area contributed by atoms with Crippen molar-refractivity contribution in [2.75, 3.05) is 13.1 Å². The number of aliphatic hydroxyl groups excluding tert-OH is 1. The van der Waals surface area contributed by atoms with Gasteiger partial charge in [0, 0.05) is 12.7 Å². The SMILES string of the molecule is CC(O)CC(=O)NC1CCCN(S(=O)(=O)c2ccccn2)CC1=O. The lowest BCUT2D eigenvalue weighted by Gasteiger charge is -2.19. The summed E-state index contributed by atoms with van der Waals surface area (Å²) in [6.45, 7) is 1.36. The van der Waals surface area contributed by atoms with Crippen molar-refractivity contribution < 1.29 is 23.1 Å². The van der Waals surface area contributed by atoms with E-state index in [1.807, 2.05) is 0 Å². The number of rotatable bonds is 5. The number of hydrogen-bond donors (Lipinski definition) is 2. The van der Waals surface area contributed by atoms with Crippen LogP contribution >= 0.6 is 0 Å². The third-order valence-electron chi connectivity index (χ3n) is 3.68. The largest absolute Gasteiger partial charge is 0.393 e. The third kappa shape index (κ3) is 4.59. The van der Waals surface area contributed by atoms with Crippen LogP contribution in [-0.4, -0.2) is 59.7 Å². The van der Waals surface area contributed by atoms with Crippen LogP contribution in [0.2, 0.25) is 0 Å². The molecule has 1 saturated heterocycles. The van der Waals surface area contributed by atoms with Crippen molar-refractivity contribution in [2.45, 2.75) is 43.4 Å². The van der Waals surface area contributed by atoms with Crippen molar-refractivity contribution >= 4 is 21.7 Å². The van der Waals surface area contributed by atoms with Gasteiger partial charge in [-0.1, -0.05) is 6.07 Å². The van der Waals surface area contributed by atoms with Gasteiger partial charge in [-0.2, -0.15) is 4.31 Å². The molecule has 1 aromatic heterocycles. The maximum Gasteiger partial charge on any atom is 0.260 e. The Bertz CT molecular complexity index is 690. The summed E-state index contributed by atoms with van der Waals surface area (Å²) in [4.78, 5) is 27.9. The molecule has 1 aliphatic heterocycles. The number of pyridine rings is 1. The highest BCUT2D eigenvalue weighted by molar-refractivity contribution is 7.89. The zero-order valence-electron chi connectivity index (χ0n) is 13.4. The lowest BCUT2D eigenvalue weighted by atomic mass is 10.1. The molecule has 1 aliphatic rings. The Morgan fingerprint density at radius 3 is 2.88 bits per heavy atom. The van der Waals surface area contributed by atoms with Gasteiger partial charge in [0.1, 0.15) is 0 Å². The van der Waals surface area contributed by atoms with Crippen LogP contribution in [0.25, 0.3) is 0 Å². The molecule has 0 bridgehead atoms. The number of nitrogens with one attached hydrogen (secondary N) is 1. The lowest BCUT2D eigenvalue weighted by molar-refractivity contribution is -0.128. The summed E-state index contributed by atoms with van der Waals surface area (Å²) >= 11 is 0. The van der Waals surface area contributed by atoms with Crippen LogP contribution in [-0.2, 0) is 19.6 Å². The van der Waals surface area contributed by atoms with E-state index in [2.05, 4.69) is 10.3 Å². The van der Waals surface area contributed by atoms with E-state index in [-0.39, 0.29) is 30.3 Å². The van der Waals surface area contributed by atoms with Crippen LogP contribution in [0.15, 0.2) is 29.4 Å². The second-order valence-corrected chi connectivity index (χ2v) is 7.67. The van der Waals surface area contributed by atoms with Crippen molar-refractivity contribution in [3.05, 3.63) is 24.4 Å². The van der Waals surface area contributed by atoms with E-state index in [0.29, 0.717) is 12.8 Å². The van der Waals surface area contributed by atoms with Crippen molar-refractivity contribution in [2.24, 2.45) is 0 Å². The molecular formula is C15H21N3O5S. The van der Waals surface area contributed by atoms with Gasteiger partial charge in [0.05, 0.1) is 25.1 Å². The molecule has 2 unspecified atom stereocenters. The Morgan fingerprint density at radius 1 is 1.50 bits per heavy atom. The number of nitrogens with zero attached hydrogens (tertiary/aromatic N) is 2. The molecule has 132 valence electrons. The van der Waals surface area contributed by atoms with E-state index in [0.717, 1.165) is 4.31 Å². The summed E-state index contributed by atoms with van der Waals surface area (Å²) in [5, 5.41) is 11.7. The molecule has 0 saturated carbocycles. The minimum Gasteiger partial charge on any atom is -0.393 e. The molecule has 1 amide bonds. The van der Waals surface area contributed by atoms with Gasteiger partial charge in [-0.25, -0.2) is 13.4 Å². The summed E-state index contributed by atoms with van der Waals surface area (Å²) in [5.74, 6) is -0.796. The zero-order chi connectivity index (χ0) is 17.7. The Morgan fingerprint density at radius 2 is 2.25 bits per heavy atom. The Hall–Kier alpha value is -1.84. The number of carbonyl (C=O) groups is 2. The average Bonchev–Trinajstić information content (AvgIpc) is 2.70. The van der Waals surface area contributed by atoms with E-state index in [1.165, 1.54) is 19.2 Å². The topological polar surface area (TPSA) is 117 Å². The van der Waals surface area contributed by atoms with E-state index in [1.54, 1.807) is 12.1 Å². The summed E-state index contributed by atoms with van der Waals surface area (Å²) in [6.07, 6.45) is 1.29. The molecule has 0 radical (unpaired) electrons. The van der Waals surface area contributed by atoms with Crippen LogP contribution in [0, 0.1) is 0 Å². The molecule has 2 atom stereocenters. The summed E-state index contributed by atoms with van der Waals surface area (Å²) < 4.78 is 26.2. The number of hydrogen-bond acceptors (Lipinski definition) is 6. The maximum atomic E-state index is 12.6. The Kier molecular flexibility index (Phi) is 6.03. The lowest BCUT2D eigenvalue weighted by Crippen LogP contribution is -2.44. The second kappa shape index (κ2) is 7.82. The van der Waals surface area contributed by atoms with Crippen LogP contribution in [0.4, 0.5) is 0 Å². The fourth-order valence-corrected chi connectivity index (χ4v) is 3.88. The van der Waals surface area contributed by atoms with E-state index in [4.69, 9.17) is 0 Å². The first-order chi connectivity index (χ1) is 11.3. The molecule has 2 heterocycles. The molecule has 24 heavy (non-hydrogen) atoms. The second-order valence-electron chi connectivity index (χ2n) is 5.79. The maximum absolute atomic E-state index is 12.6. The molecule has 2 N–H and O–H groups in total.